The van der Waals surface area contributed by atoms with E-state index < -0.39 is 7.82 Å². The molecule has 0 radical (unpaired) electrons. The summed E-state index contributed by atoms with van der Waals surface area (Å²) in [5.41, 5.74) is 3.51. The topological polar surface area (TPSA) is 152 Å². The van der Waals surface area contributed by atoms with Gasteiger partial charge in [0.05, 0.1) is 11.9 Å². The molecule has 2 aromatic heterocycles. The van der Waals surface area contributed by atoms with Gasteiger partial charge in [-0.2, -0.15) is 10.4 Å². The second-order valence-electron chi connectivity index (χ2n) is 5.56. The van der Waals surface area contributed by atoms with Crippen molar-refractivity contribution in [2.75, 3.05) is 11.4 Å². The van der Waals surface area contributed by atoms with Gasteiger partial charge in [-0.1, -0.05) is 12.1 Å². The van der Waals surface area contributed by atoms with Crippen LogP contribution in [0.25, 0.3) is 16.9 Å². The Morgan fingerprint density at radius 2 is 2.00 bits per heavy atom. The predicted octanol–water partition coefficient (Wildman–Crippen LogP) is 1.71. The van der Waals surface area contributed by atoms with Gasteiger partial charge in [-0.05, 0) is 25.1 Å². The Balaban J connectivity index is 0.000000500. The molecule has 3 rings (SSSR count). The Hall–Kier alpha value is -3.09. The molecule has 0 unspecified atom stereocenters. The molecule has 3 N–H and O–H groups in total. The molecule has 1 amide bonds. The van der Waals surface area contributed by atoms with E-state index in [1.807, 2.05) is 37.3 Å². The van der Waals surface area contributed by atoms with Crippen molar-refractivity contribution in [3.63, 3.8) is 0 Å². The van der Waals surface area contributed by atoms with Crippen molar-refractivity contribution >= 4 is 25.1 Å². The molecule has 1 aromatic carbocycles. The molecule has 0 bridgehead atoms. The van der Waals surface area contributed by atoms with Crippen molar-refractivity contribution < 1.29 is 24.0 Å². The molecule has 2 heterocycles. The van der Waals surface area contributed by atoms with Crippen LogP contribution in [-0.2, 0) is 9.36 Å². The van der Waals surface area contributed by atoms with Gasteiger partial charge in [0.2, 0.25) is 5.91 Å². The normalized spacial score (nSPS) is 10.7. The fraction of sp³-hybridized carbons (Fsp3) is 0.176. The van der Waals surface area contributed by atoms with E-state index in [2.05, 4.69) is 16.2 Å². The number of amides is 1. The Kier molecular flexibility index (Phi) is 6.62. The first-order chi connectivity index (χ1) is 13.2. The van der Waals surface area contributed by atoms with E-state index in [0.717, 1.165) is 16.9 Å². The van der Waals surface area contributed by atoms with Crippen LogP contribution in [0.4, 0.5) is 5.69 Å². The van der Waals surface area contributed by atoms with E-state index in [9.17, 15) is 4.79 Å². The van der Waals surface area contributed by atoms with Crippen molar-refractivity contribution in [1.29, 1.82) is 5.26 Å². The molecule has 11 heteroatoms. The van der Waals surface area contributed by atoms with Gasteiger partial charge in [0.1, 0.15) is 11.6 Å². The van der Waals surface area contributed by atoms with E-state index >= 15 is 0 Å². The monoisotopic (exact) mass is 403 g/mol. The molecule has 0 fully saturated rings. The van der Waals surface area contributed by atoms with E-state index in [1.54, 1.807) is 22.5 Å². The highest BCUT2D eigenvalue weighted by Crippen LogP contribution is 2.26. The third-order valence-corrected chi connectivity index (χ3v) is 3.67. The van der Waals surface area contributed by atoms with Crippen LogP contribution in [-0.4, -0.2) is 41.7 Å². The molecule has 0 aliphatic carbocycles. The van der Waals surface area contributed by atoms with E-state index in [1.165, 1.54) is 6.20 Å². The van der Waals surface area contributed by atoms with Crippen LogP contribution in [0.1, 0.15) is 19.4 Å². The zero-order valence-electron chi connectivity index (χ0n) is 15.1. The Labute approximate surface area is 160 Å². The highest BCUT2D eigenvalue weighted by Gasteiger charge is 2.13. The maximum Gasteiger partial charge on any atom is 0.466 e. The number of carbonyl (C=O) groups is 1. The van der Waals surface area contributed by atoms with Gasteiger partial charge in [0.15, 0.2) is 5.65 Å². The molecule has 0 aliphatic rings. The quantitative estimate of drug-likeness (QED) is 0.559. The van der Waals surface area contributed by atoms with Crippen molar-refractivity contribution in [2.24, 2.45) is 0 Å². The van der Waals surface area contributed by atoms with E-state index in [0.29, 0.717) is 17.8 Å². The minimum Gasteiger partial charge on any atom is -0.313 e. The van der Waals surface area contributed by atoms with Crippen LogP contribution in [0.3, 0.4) is 0 Å². The van der Waals surface area contributed by atoms with Crippen molar-refractivity contribution in [3.05, 3.63) is 48.3 Å². The smallest absolute Gasteiger partial charge is 0.313 e. The molecular formula is C17H18N5O5P. The Morgan fingerprint density at radius 3 is 2.57 bits per heavy atom. The van der Waals surface area contributed by atoms with Gasteiger partial charge < -0.3 is 19.6 Å². The van der Waals surface area contributed by atoms with Crippen LogP contribution in [0, 0.1) is 11.3 Å². The van der Waals surface area contributed by atoms with Crippen LogP contribution in [0.2, 0.25) is 0 Å². The maximum absolute atomic E-state index is 11.7. The third-order valence-electron chi connectivity index (χ3n) is 3.67. The summed E-state index contributed by atoms with van der Waals surface area (Å²) in [4.78, 5) is 39.2. The first-order valence-electron chi connectivity index (χ1n) is 8.05. The van der Waals surface area contributed by atoms with Crippen LogP contribution < -0.4 is 4.90 Å². The van der Waals surface area contributed by atoms with Crippen molar-refractivity contribution in [2.45, 2.75) is 13.8 Å². The second-order valence-corrected chi connectivity index (χ2v) is 6.59. The number of aromatic nitrogens is 3. The van der Waals surface area contributed by atoms with Gasteiger partial charge in [0.25, 0.3) is 0 Å². The molecule has 0 spiro atoms. The molecular weight excluding hydrogens is 385 g/mol. The lowest BCUT2D eigenvalue weighted by atomic mass is 10.1. The molecule has 28 heavy (non-hydrogen) atoms. The van der Waals surface area contributed by atoms with Gasteiger partial charge in [-0.15, -0.1) is 0 Å². The molecule has 0 saturated heterocycles. The first-order valence-corrected chi connectivity index (χ1v) is 9.62. The number of anilines is 1. The lowest BCUT2D eigenvalue weighted by molar-refractivity contribution is -0.116. The van der Waals surface area contributed by atoms with E-state index in [-0.39, 0.29) is 5.91 Å². The Morgan fingerprint density at radius 1 is 1.32 bits per heavy atom. The average Bonchev–Trinajstić information content (AvgIpc) is 3.04. The standard InChI is InChI=1S/C17H15N5O.H3O4P/c1-3-21(12(2)23)15-6-4-5-13(9-15)16-7-8-19-17-14(10-18)11-20-22(16)17;1-5(2,3)4/h4-9,11H,3H2,1-2H3;(H3,1,2,3,4). The highest BCUT2D eigenvalue weighted by atomic mass is 31.2. The number of nitrogens with zero attached hydrogens (tertiary/aromatic N) is 5. The summed E-state index contributed by atoms with van der Waals surface area (Å²) in [5.74, 6) is -0.00428. The summed E-state index contributed by atoms with van der Waals surface area (Å²) in [6.45, 7) is 4.09. The number of benzene rings is 1. The zero-order valence-corrected chi connectivity index (χ0v) is 16.0. The summed E-state index contributed by atoms with van der Waals surface area (Å²) in [5, 5.41) is 13.4. The number of rotatable bonds is 3. The zero-order chi connectivity index (χ0) is 20.9. The molecule has 0 saturated carbocycles. The van der Waals surface area contributed by atoms with E-state index in [4.69, 9.17) is 24.5 Å². The molecule has 3 aromatic rings. The number of nitriles is 1. The second kappa shape index (κ2) is 8.73. The fourth-order valence-electron chi connectivity index (χ4n) is 2.61. The van der Waals surface area contributed by atoms with Gasteiger partial charge >= 0.3 is 7.82 Å². The largest absolute Gasteiger partial charge is 0.466 e. The molecule has 0 atom stereocenters. The third kappa shape index (κ3) is 5.22. The Bertz CT molecular complexity index is 1080. The van der Waals surface area contributed by atoms with Crippen molar-refractivity contribution in [1.82, 2.24) is 14.6 Å². The summed E-state index contributed by atoms with van der Waals surface area (Å²) >= 11 is 0. The maximum atomic E-state index is 11.7. The number of hydrogen-bond donors (Lipinski definition) is 3. The van der Waals surface area contributed by atoms with Gasteiger partial charge in [-0.25, -0.2) is 14.1 Å². The van der Waals surface area contributed by atoms with Crippen LogP contribution in [0.5, 0.6) is 0 Å². The lowest BCUT2D eigenvalue weighted by Crippen LogP contribution is -2.27. The van der Waals surface area contributed by atoms with Gasteiger partial charge in [0, 0.05) is 30.9 Å². The molecule has 10 nitrogen and oxygen atoms in total. The van der Waals surface area contributed by atoms with Gasteiger partial charge in [-0.3, -0.25) is 4.79 Å². The predicted molar refractivity (Wildman–Crippen MR) is 101 cm³/mol. The van der Waals surface area contributed by atoms with Crippen LogP contribution in [0.15, 0.2) is 42.7 Å². The minimum absolute atomic E-state index is 0.00428. The lowest BCUT2D eigenvalue weighted by Gasteiger charge is -2.19. The highest BCUT2D eigenvalue weighted by molar-refractivity contribution is 7.45. The number of hydrogen-bond acceptors (Lipinski definition) is 5. The number of phosphoric acid groups is 1. The fourth-order valence-corrected chi connectivity index (χ4v) is 2.61. The average molecular weight is 403 g/mol. The number of fused-ring (bicyclic) bond motifs is 1. The summed E-state index contributed by atoms with van der Waals surface area (Å²) in [7, 11) is -4.64. The SMILES string of the molecule is CCN(C(C)=O)c1cccc(-c2ccnc3c(C#N)cnn23)c1.O=P(O)(O)O. The molecule has 0 aliphatic heterocycles. The number of carbonyl (C=O) groups excluding carboxylic acids is 1. The van der Waals surface area contributed by atoms with Crippen LogP contribution >= 0.6 is 7.82 Å². The summed E-state index contributed by atoms with van der Waals surface area (Å²) < 4.78 is 10.5. The summed E-state index contributed by atoms with van der Waals surface area (Å²) in [6.07, 6.45) is 3.16. The minimum atomic E-state index is -4.64. The summed E-state index contributed by atoms with van der Waals surface area (Å²) in [6, 6.07) is 11.6. The van der Waals surface area contributed by atoms with Crippen molar-refractivity contribution in [3.8, 4) is 17.3 Å². The first kappa shape index (κ1) is 21.2. The molecule has 146 valence electrons.